The van der Waals surface area contributed by atoms with Gasteiger partial charge < -0.3 is 20.5 Å². The molecule has 1 aliphatic carbocycles. The third kappa shape index (κ3) is 7.57. The molecular formula is C29H32ClN3O4. The molecule has 0 radical (unpaired) electrons. The average Bonchev–Trinajstić information content (AvgIpc) is 2.92. The molecule has 3 aromatic carbocycles. The quantitative estimate of drug-likeness (QED) is 0.160. The van der Waals surface area contributed by atoms with E-state index in [1.165, 1.54) is 0 Å². The summed E-state index contributed by atoms with van der Waals surface area (Å²) in [6.07, 6.45) is 3.05. The molecule has 0 bridgehead atoms. The highest BCUT2D eigenvalue weighted by atomic mass is 35.5. The molecule has 0 aliphatic heterocycles. The lowest BCUT2D eigenvalue weighted by molar-refractivity contribution is -0.140. The summed E-state index contributed by atoms with van der Waals surface area (Å²) in [5.74, 6) is -0.589. The van der Waals surface area contributed by atoms with Crippen LogP contribution in [0.15, 0.2) is 78.9 Å². The molecule has 0 atom stereocenters. The van der Waals surface area contributed by atoms with E-state index in [-0.39, 0.29) is 48.2 Å². The molecule has 0 saturated heterocycles. The molecule has 0 spiro atoms. The van der Waals surface area contributed by atoms with Crippen LogP contribution in [0.2, 0.25) is 0 Å². The number of hydrogen-bond donors (Lipinski definition) is 3. The number of rotatable bonds is 8. The molecule has 3 aromatic rings. The summed E-state index contributed by atoms with van der Waals surface area (Å²) in [4.78, 5) is 26.3. The fourth-order valence-electron chi connectivity index (χ4n) is 4.49. The monoisotopic (exact) mass is 521 g/mol. The van der Waals surface area contributed by atoms with Gasteiger partial charge >= 0.3 is 11.9 Å². The Morgan fingerprint density at radius 1 is 0.892 bits per heavy atom. The molecule has 0 aromatic heterocycles. The van der Waals surface area contributed by atoms with Crippen molar-refractivity contribution in [2.24, 2.45) is 17.6 Å². The van der Waals surface area contributed by atoms with Crippen LogP contribution in [-0.4, -0.2) is 24.4 Å². The van der Waals surface area contributed by atoms with Gasteiger partial charge in [0, 0.05) is 12.1 Å². The molecular weight excluding hydrogens is 490 g/mol. The molecule has 1 aliphatic rings. The zero-order chi connectivity index (χ0) is 25.3. The van der Waals surface area contributed by atoms with Crippen molar-refractivity contribution in [1.29, 1.82) is 5.41 Å². The van der Waals surface area contributed by atoms with Gasteiger partial charge in [0.25, 0.3) is 0 Å². The van der Waals surface area contributed by atoms with E-state index in [1.54, 1.807) is 12.1 Å². The number of ether oxygens (including phenoxy) is 2. The summed E-state index contributed by atoms with van der Waals surface area (Å²) in [6, 6.07) is 24.2. The van der Waals surface area contributed by atoms with E-state index < -0.39 is 5.97 Å². The maximum absolute atomic E-state index is 13.2. The van der Waals surface area contributed by atoms with Crippen molar-refractivity contribution in [2.45, 2.75) is 32.3 Å². The van der Waals surface area contributed by atoms with E-state index in [2.05, 4.69) is 5.32 Å². The molecule has 4 rings (SSSR count). The van der Waals surface area contributed by atoms with Crippen LogP contribution in [0.5, 0.6) is 5.75 Å². The van der Waals surface area contributed by atoms with E-state index in [9.17, 15) is 9.59 Å². The number of nitrogens with one attached hydrogen (secondary N) is 2. The van der Waals surface area contributed by atoms with E-state index in [0.29, 0.717) is 30.9 Å². The van der Waals surface area contributed by atoms with Crippen molar-refractivity contribution < 1.29 is 19.1 Å². The molecule has 1 fully saturated rings. The highest BCUT2D eigenvalue weighted by Gasteiger charge is 2.30. The van der Waals surface area contributed by atoms with Crippen LogP contribution < -0.4 is 15.8 Å². The van der Waals surface area contributed by atoms with Crippen LogP contribution >= 0.6 is 12.4 Å². The maximum atomic E-state index is 13.2. The number of carbonyl (C=O) groups is 2. The summed E-state index contributed by atoms with van der Waals surface area (Å²) < 4.78 is 11.5. The van der Waals surface area contributed by atoms with E-state index >= 15 is 0 Å². The zero-order valence-corrected chi connectivity index (χ0v) is 21.3. The molecule has 0 amide bonds. The lowest BCUT2D eigenvalue weighted by Crippen LogP contribution is -2.36. The summed E-state index contributed by atoms with van der Waals surface area (Å²) in [5.41, 5.74) is 7.99. The minimum absolute atomic E-state index is 0. The molecule has 0 unspecified atom stereocenters. The molecule has 37 heavy (non-hydrogen) atoms. The maximum Gasteiger partial charge on any atom is 0.342 e. The number of para-hydroxylation sites is 1. The predicted molar refractivity (Wildman–Crippen MR) is 146 cm³/mol. The van der Waals surface area contributed by atoms with Crippen molar-refractivity contribution in [3.8, 4) is 16.9 Å². The number of hydrogen-bond acceptors (Lipinski definition) is 5. The van der Waals surface area contributed by atoms with E-state index in [0.717, 1.165) is 24.0 Å². The largest absolute Gasteiger partial charge is 0.457 e. The van der Waals surface area contributed by atoms with Crippen molar-refractivity contribution >= 4 is 30.3 Å². The minimum atomic E-state index is -0.543. The van der Waals surface area contributed by atoms with Crippen LogP contribution in [0.3, 0.4) is 0 Å². The Bertz CT molecular complexity index is 1200. The lowest BCUT2D eigenvalue weighted by Gasteiger charge is -2.27. The Kier molecular flexibility index (Phi) is 10.1. The van der Waals surface area contributed by atoms with Crippen LogP contribution in [0.25, 0.3) is 11.1 Å². The molecule has 0 heterocycles. The number of nitrogens with two attached hydrogens (primary N) is 1. The van der Waals surface area contributed by atoms with Gasteiger partial charge in [0.05, 0.1) is 5.92 Å². The van der Waals surface area contributed by atoms with Gasteiger partial charge in [-0.1, -0.05) is 72.8 Å². The van der Waals surface area contributed by atoms with E-state index in [1.807, 2.05) is 66.7 Å². The smallest absolute Gasteiger partial charge is 0.342 e. The van der Waals surface area contributed by atoms with Crippen molar-refractivity contribution in [1.82, 2.24) is 5.32 Å². The average molecular weight is 522 g/mol. The summed E-state index contributed by atoms with van der Waals surface area (Å²) in [7, 11) is 0. The lowest BCUT2D eigenvalue weighted by atomic mass is 9.82. The van der Waals surface area contributed by atoms with Gasteiger partial charge in [0.2, 0.25) is 0 Å². The second kappa shape index (κ2) is 13.5. The van der Waals surface area contributed by atoms with Crippen LogP contribution in [-0.2, 0) is 16.1 Å². The molecule has 194 valence electrons. The molecule has 7 nitrogen and oxygen atoms in total. The molecule has 8 heteroatoms. The normalized spacial score (nSPS) is 16.6. The summed E-state index contributed by atoms with van der Waals surface area (Å²) >= 11 is 0. The topological polar surface area (TPSA) is 115 Å². The van der Waals surface area contributed by atoms with Crippen LogP contribution in [0, 0.1) is 17.2 Å². The number of carbonyl (C=O) groups excluding carboxylic acids is 2. The van der Waals surface area contributed by atoms with Crippen LogP contribution in [0.4, 0.5) is 0 Å². The zero-order valence-electron chi connectivity index (χ0n) is 20.5. The summed E-state index contributed by atoms with van der Waals surface area (Å²) in [5, 5.41) is 10.2. The summed E-state index contributed by atoms with van der Waals surface area (Å²) in [6.45, 7) is 0.756. The Balaban J connectivity index is 0.00000380. The minimum Gasteiger partial charge on any atom is -0.457 e. The number of halogens is 1. The Labute approximate surface area is 223 Å². The Hall–Kier alpha value is -3.84. The number of guanidine groups is 1. The number of benzene rings is 3. The first-order chi connectivity index (χ1) is 17.5. The fraction of sp³-hybridized carbons (Fsp3) is 0.276. The Morgan fingerprint density at radius 2 is 1.54 bits per heavy atom. The fourth-order valence-corrected chi connectivity index (χ4v) is 4.49. The van der Waals surface area contributed by atoms with Gasteiger partial charge in [-0.15, -0.1) is 12.4 Å². The van der Waals surface area contributed by atoms with Crippen molar-refractivity contribution in [3.63, 3.8) is 0 Å². The second-order valence-corrected chi connectivity index (χ2v) is 9.04. The van der Waals surface area contributed by atoms with Crippen molar-refractivity contribution in [2.75, 3.05) is 6.54 Å². The van der Waals surface area contributed by atoms with Gasteiger partial charge in [-0.25, -0.2) is 4.79 Å². The SMILES string of the molecule is Cl.N=C(N)NC[C@H]1CC[C@H](C(=O)Oc2c(C(=O)OCc3ccccc3)cccc2-c2ccccc2)CC1. The molecule has 4 N–H and O–H groups in total. The predicted octanol–water partition coefficient (Wildman–Crippen LogP) is 5.33. The second-order valence-electron chi connectivity index (χ2n) is 9.04. The first kappa shape index (κ1) is 27.7. The first-order valence-electron chi connectivity index (χ1n) is 12.2. The number of esters is 2. The van der Waals surface area contributed by atoms with Gasteiger partial charge in [-0.3, -0.25) is 10.2 Å². The standard InChI is InChI=1S/C29H31N3O4.ClH/c30-29(31)32-18-20-14-16-23(17-15-20)27(33)36-26-24(22-10-5-2-6-11-22)12-7-13-25(26)28(34)35-19-21-8-3-1-4-9-21;/h1-13,20,23H,14-19H2,(H4,30,31,32);1H/t20-,23-;. The third-order valence-corrected chi connectivity index (χ3v) is 6.50. The van der Waals surface area contributed by atoms with Gasteiger partial charge in [-0.2, -0.15) is 0 Å². The Morgan fingerprint density at radius 3 is 2.19 bits per heavy atom. The highest BCUT2D eigenvalue weighted by molar-refractivity contribution is 5.97. The van der Waals surface area contributed by atoms with Crippen LogP contribution in [0.1, 0.15) is 41.6 Å². The third-order valence-electron chi connectivity index (χ3n) is 6.50. The highest BCUT2D eigenvalue weighted by Crippen LogP contribution is 2.36. The molecule has 1 saturated carbocycles. The van der Waals surface area contributed by atoms with Gasteiger partial charge in [0.1, 0.15) is 12.2 Å². The van der Waals surface area contributed by atoms with Crippen molar-refractivity contribution in [3.05, 3.63) is 90.0 Å². The van der Waals surface area contributed by atoms with E-state index in [4.69, 9.17) is 20.6 Å². The first-order valence-corrected chi connectivity index (χ1v) is 12.2. The van der Waals surface area contributed by atoms with Gasteiger partial charge in [0.15, 0.2) is 11.7 Å². The van der Waals surface area contributed by atoms with Gasteiger partial charge in [-0.05, 0) is 48.8 Å².